The number of hydrogen-bond donors (Lipinski definition) is 1. The Morgan fingerprint density at radius 2 is 2.00 bits per heavy atom. The molecule has 0 saturated carbocycles. The molecule has 0 radical (unpaired) electrons. The fourth-order valence-electron chi connectivity index (χ4n) is 2.00. The van der Waals surface area contributed by atoms with E-state index in [0.717, 1.165) is 0 Å². The van der Waals surface area contributed by atoms with Crippen LogP contribution in [-0.4, -0.2) is 23.9 Å². The standard InChI is InChI=1S/C12H15ClF3N3O2/c1-2-4-18(5-3-13)11-9(17)6-8(12(14,15)16)7-10(11)19(20)21/h6-7H,2-5,17H2,1H3. The van der Waals surface area contributed by atoms with Crippen molar-refractivity contribution in [2.45, 2.75) is 19.5 Å². The maximum absolute atomic E-state index is 12.7. The number of nitrogens with zero attached hydrogens (tertiary/aromatic N) is 2. The zero-order valence-electron chi connectivity index (χ0n) is 11.3. The van der Waals surface area contributed by atoms with Gasteiger partial charge in [-0.05, 0) is 12.5 Å². The summed E-state index contributed by atoms with van der Waals surface area (Å²) in [6, 6.07) is 1.21. The number of hydrogen-bond acceptors (Lipinski definition) is 4. The maximum Gasteiger partial charge on any atom is 0.416 e. The Bertz CT molecular complexity index is 517. The van der Waals surface area contributed by atoms with E-state index < -0.39 is 22.4 Å². The average molecular weight is 326 g/mol. The molecule has 1 aromatic carbocycles. The van der Waals surface area contributed by atoms with Gasteiger partial charge in [-0.25, -0.2) is 0 Å². The van der Waals surface area contributed by atoms with E-state index in [-0.39, 0.29) is 23.8 Å². The Morgan fingerprint density at radius 3 is 2.43 bits per heavy atom. The number of nitrogen functional groups attached to an aromatic ring is 1. The minimum absolute atomic E-state index is 0.0181. The first-order chi connectivity index (χ1) is 9.72. The number of halogens is 4. The average Bonchev–Trinajstić information content (AvgIpc) is 2.36. The van der Waals surface area contributed by atoms with Crippen molar-refractivity contribution in [2.24, 2.45) is 0 Å². The molecule has 0 bridgehead atoms. The third kappa shape index (κ3) is 4.13. The first-order valence-corrected chi connectivity index (χ1v) is 6.71. The van der Waals surface area contributed by atoms with E-state index in [9.17, 15) is 23.3 Å². The van der Waals surface area contributed by atoms with E-state index in [1.165, 1.54) is 4.90 Å². The minimum atomic E-state index is -4.69. The van der Waals surface area contributed by atoms with Crippen LogP contribution in [-0.2, 0) is 6.18 Å². The molecule has 0 heterocycles. The highest BCUT2D eigenvalue weighted by Crippen LogP contribution is 2.40. The number of nitrogens with two attached hydrogens (primary N) is 1. The normalized spacial score (nSPS) is 11.5. The van der Waals surface area contributed by atoms with E-state index in [2.05, 4.69) is 0 Å². The highest BCUT2D eigenvalue weighted by Gasteiger charge is 2.35. The topological polar surface area (TPSA) is 72.4 Å². The van der Waals surface area contributed by atoms with Crippen LogP contribution < -0.4 is 10.6 Å². The van der Waals surface area contributed by atoms with Crippen molar-refractivity contribution in [1.29, 1.82) is 0 Å². The lowest BCUT2D eigenvalue weighted by atomic mass is 10.1. The number of rotatable bonds is 6. The van der Waals surface area contributed by atoms with E-state index in [1.807, 2.05) is 6.92 Å². The Kier molecular flexibility index (Phi) is 5.65. The van der Waals surface area contributed by atoms with Crippen LogP contribution in [0.4, 0.5) is 30.2 Å². The summed E-state index contributed by atoms with van der Waals surface area (Å²) < 4.78 is 38.2. The second-order valence-electron chi connectivity index (χ2n) is 4.36. The molecule has 0 spiro atoms. The molecule has 0 saturated heterocycles. The van der Waals surface area contributed by atoms with Crippen molar-refractivity contribution >= 4 is 28.7 Å². The molecule has 0 atom stereocenters. The molecule has 21 heavy (non-hydrogen) atoms. The fraction of sp³-hybridized carbons (Fsp3) is 0.500. The number of alkyl halides is 4. The largest absolute Gasteiger partial charge is 0.416 e. The van der Waals surface area contributed by atoms with Crippen LogP contribution in [0.1, 0.15) is 18.9 Å². The van der Waals surface area contributed by atoms with Gasteiger partial charge in [-0.1, -0.05) is 6.92 Å². The quantitative estimate of drug-likeness (QED) is 0.375. The minimum Gasteiger partial charge on any atom is -0.397 e. The monoisotopic (exact) mass is 325 g/mol. The van der Waals surface area contributed by atoms with Gasteiger partial charge in [0.1, 0.15) is 5.69 Å². The molecular weight excluding hydrogens is 311 g/mol. The Hall–Kier alpha value is -1.70. The van der Waals surface area contributed by atoms with Crippen LogP contribution in [0.3, 0.4) is 0 Å². The van der Waals surface area contributed by atoms with Crippen LogP contribution >= 0.6 is 11.6 Å². The van der Waals surface area contributed by atoms with Gasteiger partial charge in [0, 0.05) is 25.0 Å². The fourth-order valence-corrected chi connectivity index (χ4v) is 2.20. The van der Waals surface area contributed by atoms with Crippen LogP contribution in [0.5, 0.6) is 0 Å². The van der Waals surface area contributed by atoms with Gasteiger partial charge >= 0.3 is 6.18 Å². The predicted molar refractivity (Wildman–Crippen MR) is 75.7 cm³/mol. The highest BCUT2D eigenvalue weighted by atomic mass is 35.5. The van der Waals surface area contributed by atoms with E-state index in [0.29, 0.717) is 25.1 Å². The van der Waals surface area contributed by atoms with Crippen molar-refractivity contribution in [1.82, 2.24) is 0 Å². The number of nitro benzene ring substituents is 1. The first kappa shape index (κ1) is 17.4. The summed E-state index contributed by atoms with van der Waals surface area (Å²) >= 11 is 5.64. The lowest BCUT2D eigenvalue weighted by Crippen LogP contribution is -2.28. The number of benzene rings is 1. The van der Waals surface area contributed by atoms with Crippen molar-refractivity contribution in [2.75, 3.05) is 29.6 Å². The van der Waals surface area contributed by atoms with Gasteiger partial charge < -0.3 is 10.6 Å². The van der Waals surface area contributed by atoms with Gasteiger partial charge in [0.2, 0.25) is 0 Å². The molecule has 1 aromatic rings. The maximum atomic E-state index is 12.7. The molecule has 0 aliphatic rings. The SMILES string of the molecule is CCCN(CCCl)c1c(N)cc(C(F)(F)F)cc1[N+](=O)[O-]. The zero-order valence-corrected chi connectivity index (χ0v) is 12.0. The summed E-state index contributed by atoms with van der Waals surface area (Å²) in [7, 11) is 0. The molecule has 0 aliphatic heterocycles. The second kappa shape index (κ2) is 6.84. The number of nitro groups is 1. The van der Waals surface area contributed by atoms with Crippen LogP contribution in [0.25, 0.3) is 0 Å². The molecule has 118 valence electrons. The van der Waals surface area contributed by atoms with Crippen molar-refractivity contribution in [3.05, 3.63) is 27.8 Å². The number of anilines is 2. The molecule has 0 amide bonds. The second-order valence-corrected chi connectivity index (χ2v) is 4.74. The van der Waals surface area contributed by atoms with Gasteiger partial charge in [-0.15, -0.1) is 11.6 Å². The van der Waals surface area contributed by atoms with E-state index in [4.69, 9.17) is 17.3 Å². The smallest absolute Gasteiger partial charge is 0.397 e. The van der Waals surface area contributed by atoms with Gasteiger partial charge in [0.25, 0.3) is 5.69 Å². The molecule has 1 rings (SSSR count). The molecule has 0 unspecified atom stereocenters. The Morgan fingerprint density at radius 1 is 1.38 bits per heavy atom. The third-order valence-corrected chi connectivity index (χ3v) is 2.98. The van der Waals surface area contributed by atoms with E-state index >= 15 is 0 Å². The molecular formula is C12H15ClF3N3O2. The summed E-state index contributed by atoms with van der Waals surface area (Å²) in [4.78, 5) is 11.8. The Labute approximate surface area is 124 Å². The third-order valence-electron chi connectivity index (χ3n) is 2.81. The summed E-state index contributed by atoms with van der Waals surface area (Å²) in [5.74, 6) is 0.178. The van der Waals surface area contributed by atoms with E-state index in [1.54, 1.807) is 0 Å². The van der Waals surface area contributed by atoms with Crippen LogP contribution in [0.2, 0.25) is 0 Å². The summed E-state index contributed by atoms with van der Waals surface area (Å²) in [6.45, 7) is 2.50. The lowest BCUT2D eigenvalue weighted by Gasteiger charge is -2.25. The van der Waals surface area contributed by atoms with Gasteiger partial charge in [-0.2, -0.15) is 13.2 Å². The highest BCUT2D eigenvalue weighted by molar-refractivity contribution is 6.18. The first-order valence-electron chi connectivity index (χ1n) is 6.18. The molecule has 0 fully saturated rings. The van der Waals surface area contributed by atoms with Crippen LogP contribution in [0.15, 0.2) is 12.1 Å². The van der Waals surface area contributed by atoms with Crippen molar-refractivity contribution in [3.63, 3.8) is 0 Å². The molecule has 5 nitrogen and oxygen atoms in total. The van der Waals surface area contributed by atoms with Crippen LogP contribution in [0, 0.1) is 10.1 Å². The van der Waals surface area contributed by atoms with Gasteiger partial charge in [0.15, 0.2) is 0 Å². The summed E-state index contributed by atoms with van der Waals surface area (Å²) in [5.41, 5.74) is 3.52. The molecule has 9 heteroatoms. The molecule has 0 aliphatic carbocycles. The molecule has 0 aromatic heterocycles. The zero-order chi connectivity index (χ0) is 16.2. The van der Waals surface area contributed by atoms with Crippen molar-refractivity contribution in [3.8, 4) is 0 Å². The van der Waals surface area contributed by atoms with Gasteiger partial charge in [0.05, 0.1) is 16.2 Å². The van der Waals surface area contributed by atoms with Gasteiger partial charge in [-0.3, -0.25) is 10.1 Å². The molecule has 2 N–H and O–H groups in total. The predicted octanol–water partition coefficient (Wildman–Crippen LogP) is 3.65. The summed E-state index contributed by atoms with van der Waals surface area (Å²) in [6.07, 6.45) is -4.05. The van der Waals surface area contributed by atoms with Crippen molar-refractivity contribution < 1.29 is 18.1 Å². The summed E-state index contributed by atoms with van der Waals surface area (Å²) in [5, 5.41) is 11.1. The Balaban J connectivity index is 3.46. The lowest BCUT2D eigenvalue weighted by molar-refractivity contribution is -0.384.